The van der Waals surface area contributed by atoms with Crippen LogP contribution >= 0.6 is 0 Å². The van der Waals surface area contributed by atoms with Crippen molar-refractivity contribution >= 4 is 5.97 Å². The predicted octanol–water partition coefficient (Wildman–Crippen LogP) is 1.01. The van der Waals surface area contributed by atoms with Gasteiger partial charge in [-0.25, -0.2) is 4.79 Å². The average molecular weight is 219 g/mol. The summed E-state index contributed by atoms with van der Waals surface area (Å²) in [4.78, 5) is 10.6. The summed E-state index contributed by atoms with van der Waals surface area (Å²) < 4.78 is 37.3. The van der Waals surface area contributed by atoms with Gasteiger partial charge in [0.25, 0.3) is 0 Å². The molecule has 15 heavy (non-hydrogen) atoms. The lowest BCUT2D eigenvalue weighted by Gasteiger charge is -2.00. The number of aromatic carboxylic acids is 1. The van der Waals surface area contributed by atoms with Gasteiger partial charge >= 0.3 is 12.1 Å². The fourth-order valence-electron chi connectivity index (χ4n) is 1.07. The number of hydrogen-bond acceptors (Lipinski definition) is 3. The summed E-state index contributed by atoms with van der Waals surface area (Å²) >= 11 is 0. The van der Waals surface area contributed by atoms with Gasteiger partial charge in [0, 0.05) is 7.05 Å². The molecule has 0 fully saturated rings. The summed E-state index contributed by atoms with van der Waals surface area (Å²) in [5.74, 6) is -1.63. The standard InChI is InChI=1S/C7H4F3N3O2/c1-13-4(6(14)15)3(2-11)5(12-13)7(8,9)10/h1H3,(H,14,15). The molecule has 1 heterocycles. The number of alkyl halides is 3. The van der Waals surface area contributed by atoms with Gasteiger partial charge in [-0.2, -0.15) is 23.5 Å². The fourth-order valence-corrected chi connectivity index (χ4v) is 1.07. The average Bonchev–Trinajstić information content (AvgIpc) is 2.41. The smallest absolute Gasteiger partial charge is 0.436 e. The van der Waals surface area contributed by atoms with Crippen LogP contribution in [0.1, 0.15) is 21.7 Å². The number of halogens is 3. The number of hydrogen-bond donors (Lipinski definition) is 1. The number of carboxylic acid groups (broad SMARTS) is 1. The number of rotatable bonds is 1. The maximum Gasteiger partial charge on any atom is 0.436 e. The van der Waals surface area contributed by atoms with Crippen LogP contribution < -0.4 is 0 Å². The van der Waals surface area contributed by atoms with Crippen LogP contribution in [0.25, 0.3) is 0 Å². The number of carboxylic acids is 1. The first kappa shape index (κ1) is 11.0. The Balaban J connectivity index is 3.54. The molecule has 0 spiro atoms. The van der Waals surface area contributed by atoms with Gasteiger partial charge in [-0.15, -0.1) is 0 Å². The normalized spacial score (nSPS) is 11.1. The number of nitriles is 1. The minimum atomic E-state index is -4.84. The molecule has 0 bridgehead atoms. The number of nitrogens with zero attached hydrogens (tertiary/aromatic N) is 3. The fraction of sp³-hybridized carbons (Fsp3) is 0.286. The summed E-state index contributed by atoms with van der Waals surface area (Å²) in [5, 5.41) is 20.0. The molecular weight excluding hydrogens is 215 g/mol. The summed E-state index contributed by atoms with van der Waals surface area (Å²) in [6.45, 7) is 0. The molecule has 0 saturated heterocycles. The molecule has 1 aromatic heterocycles. The molecule has 1 N–H and O–H groups in total. The summed E-state index contributed by atoms with van der Waals surface area (Å²) in [6.07, 6.45) is -4.84. The van der Waals surface area contributed by atoms with Crippen LogP contribution in [0.5, 0.6) is 0 Å². The highest BCUT2D eigenvalue weighted by molar-refractivity contribution is 5.89. The number of aryl methyl sites for hydroxylation is 1. The van der Waals surface area contributed by atoms with E-state index in [9.17, 15) is 18.0 Å². The van der Waals surface area contributed by atoms with Crippen LogP contribution in [0.4, 0.5) is 13.2 Å². The Morgan fingerprint density at radius 1 is 1.60 bits per heavy atom. The summed E-state index contributed by atoms with van der Waals surface area (Å²) in [6, 6.07) is 1.19. The zero-order valence-electron chi connectivity index (χ0n) is 7.33. The molecule has 0 aliphatic carbocycles. The van der Waals surface area contributed by atoms with Crippen molar-refractivity contribution in [3.8, 4) is 6.07 Å². The van der Waals surface area contributed by atoms with Crippen molar-refractivity contribution in [3.05, 3.63) is 17.0 Å². The van der Waals surface area contributed by atoms with Gasteiger partial charge in [0.15, 0.2) is 11.4 Å². The predicted molar refractivity (Wildman–Crippen MR) is 39.9 cm³/mol. The van der Waals surface area contributed by atoms with Gasteiger partial charge in [-0.3, -0.25) is 4.68 Å². The second kappa shape index (κ2) is 3.27. The second-order valence-electron chi connectivity index (χ2n) is 2.61. The van der Waals surface area contributed by atoms with Crippen LogP contribution in [-0.2, 0) is 13.2 Å². The number of aromatic nitrogens is 2. The molecule has 0 aromatic carbocycles. The molecule has 0 aliphatic heterocycles. The minimum Gasteiger partial charge on any atom is -0.476 e. The van der Waals surface area contributed by atoms with E-state index in [0.717, 1.165) is 7.05 Å². The van der Waals surface area contributed by atoms with Gasteiger partial charge in [0.1, 0.15) is 11.6 Å². The van der Waals surface area contributed by atoms with Gasteiger partial charge in [-0.1, -0.05) is 0 Å². The van der Waals surface area contributed by atoms with E-state index in [-0.39, 0.29) is 0 Å². The quantitative estimate of drug-likeness (QED) is 0.764. The van der Waals surface area contributed by atoms with Crippen LogP contribution in [0.2, 0.25) is 0 Å². The zero-order valence-corrected chi connectivity index (χ0v) is 7.33. The first-order valence-electron chi connectivity index (χ1n) is 3.56. The Kier molecular flexibility index (Phi) is 2.41. The van der Waals surface area contributed by atoms with Crippen molar-refractivity contribution in [1.82, 2.24) is 9.78 Å². The summed E-state index contributed by atoms with van der Waals surface area (Å²) in [7, 11) is 1.03. The van der Waals surface area contributed by atoms with Crippen LogP contribution in [-0.4, -0.2) is 20.9 Å². The molecule has 0 unspecified atom stereocenters. The largest absolute Gasteiger partial charge is 0.476 e. The Morgan fingerprint density at radius 3 is 2.47 bits per heavy atom. The topological polar surface area (TPSA) is 78.9 Å². The van der Waals surface area contributed by atoms with Crippen molar-refractivity contribution in [2.24, 2.45) is 7.05 Å². The van der Waals surface area contributed by atoms with Crippen molar-refractivity contribution in [1.29, 1.82) is 5.26 Å². The lowest BCUT2D eigenvalue weighted by Crippen LogP contribution is -2.08. The van der Waals surface area contributed by atoms with E-state index in [4.69, 9.17) is 10.4 Å². The van der Waals surface area contributed by atoms with Crippen LogP contribution in [0.15, 0.2) is 0 Å². The zero-order chi connectivity index (χ0) is 11.8. The Hall–Kier alpha value is -2.04. The van der Waals surface area contributed by atoms with Crippen LogP contribution in [0, 0.1) is 11.3 Å². The Morgan fingerprint density at radius 2 is 2.13 bits per heavy atom. The van der Waals surface area contributed by atoms with E-state index >= 15 is 0 Å². The van der Waals surface area contributed by atoms with Gasteiger partial charge in [-0.05, 0) is 0 Å². The molecule has 0 saturated carbocycles. The van der Waals surface area contributed by atoms with E-state index < -0.39 is 29.1 Å². The molecule has 0 aliphatic rings. The van der Waals surface area contributed by atoms with Gasteiger partial charge < -0.3 is 5.11 Å². The Bertz CT molecular complexity index is 455. The van der Waals surface area contributed by atoms with E-state index in [2.05, 4.69) is 5.10 Å². The lowest BCUT2D eigenvalue weighted by atomic mass is 10.2. The second-order valence-corrected chi connectivity index (χ2v) is 2.61. The molecule has 1 rings (SSSR count). The highest BCUT2D eigenvalue weighted by atomic mass is 19.4. The van der Waals surface area contributed by atoms with Gasteiger partial charge in [0.05, 0.1) is 0 Å². The minimum absolute atomic E-state index is 0.518. The lowest BCUT2D eigenvalue weighted by molar-refractivity contribution is -0.141. The maximum absolute atomic E-state index is 12.3. The molecule has 8 heteroatoms. The number of carbonyl (C=O) groups is 1. The van der Waals surface area contributed by atoms with Gasteiger partial charge in [0.2, 0.25) is 0 Å². The monoisotopic (exact) mass is 219 g/mol. The molecular formula is C7H4F3N3O2. The van der Waals surface area contributed by atoms with E-state index in [1.807, 2.05) is 0 Å². The summed E-state index contributed by atoms with van der Waals surface area (Å²) in [5.41, 5.74) is -3.23. The van der Waals surface area contributed by atoms with E-state index in [1.54, 1.807) is 0 Å². The molecule has 80 valence electrons. The molecule has 0 atom stereocenters. The van der Waals surface area contributed by atoms with Crippen molar-refractivity contribution in [2.45, 2.75) is 6.18 Å². The molecule has 5 nitrogen and oxygen atoms in total. The van der Waals surface area contributed by atoms with Crippen molar-refractivity contribution in [2.75, 3.05) is 0 Å². The van der Waals surface area contributed by atoms with E-state index in [0.29, 0.717) is 4.68 Å². The third-order valence-electron chi connectivity index (χ3n) is 1.63. The third kappa shape index (κ3) is 1.76. The first-order chi connectivity index (χ1) is 6.79. The molecule has 0 amide bonds. The maximum atomic E-state index is 12.3. The molecule has 1 aromatic rings. The third-order valence-corrected chi connectivity index (χ3v) is 1.63. The highest BCUT2D eigenvalue weighted by Gasteiger charge is 2.40. The van der Waals surface area contributed by atoms with Crippen molar-refractivity contribution in [3.63, 3.8) is 0 Å². The Labute approximate surface area is 81.3 Å². The highest BCUT2D eigenvalue weighted by Crippen LogP contribution is 2.31. The van der Waals surface area contributed by atoms with Crippen LogP contribution in [0.3, 0.4) is 0 Å². The molecule has 0 radical (unpaired) electrons. The SMILES string of the molecule is Cn1nc(C(F)(F)F)c(C#N)c1C(=O)O. The van der Waals surface area contributed by atoms with E-state index in [1.165, 1.54) is 6.07 Å². The van der Waals surface area contributed by atoms with Crippen molar-refractivity contribution < 1.29 is 23.1 Å². The first-order valence-corrected chi connectivity index (χ1v) is 3.56.